The lowest BCUT2D eigenvalue weighted by Gasteiger charge is -2.36. The number of halogens is 1. The van der Waals surface area contributed by atoms with Gasteiger partial charge in [-0.25, -0.2) is 4.39 Å². The monoisotopic (exact) mass is 173 g/mol. The predicted octanol–water partition coefficient (Wildman–Crippen LogP) is 2.47. The molecule has 1 aliphatic rings. The topological polar surface area (TPSA) is 3.24 Å². The minimum Gasteiger partial charge on any atom is -0.303 e. The van der Waals surface area contributed by atoms with Crippen molar-refractivity contribution in [2.24, 2.45) is 5.92 Å². The Hall–Kier alpha value is -0.110. The average Bonchev–Trinajstić information content (AvgIpc) is 1.82. The number of likely N-dealkylation sites (tertiary alicyclic amines) is 1. The molecule has 1 atom stereocenters. The van der Waals surface area contributed by atoms with Crippen molar-refractivity contribution in [1.82, 2.24) is 4.90 Å². The van der Waals surface area contributed by atoms with Crippen LogP contribution in [-0.2, 0) is 0 Å². The van der Waals surface area contributed by atoms with Crippen LogP contribution < -0.4 is 0 Å². The van der Waals surface area contributed by atoms with Crippen molar-refractivity contribution in [2.45, 2.75) is 38.8 Å². The van der Waals surface area contributed by atoms with Gasteiger partial charge < -0.3 is 4.90 Å². The third-order valence-electron chi connectivity index (χ3n) is 2.49. The summed E-state index contributed by atoms with van der Waals surface area (Å²) < 4.78 is 14.0. The van der Waals surface area contributed by atoms with E-state index in [9.17, 15) is 4.39 Å². The highest BCUT2D eigenvalue weighted by molar-refractivity contribution is 4.87. The summed E-state index contributed by atoms with van der Waals surface area (Å²) in [5.41, 5.74) is -0.902. The van der Waals surface area contributed by atoms with E-state index < -0.39 is 5.67 Å². The van der Waals surface area contributed by atoms with E-state index in [1.165, 1.54) is 0 Å². The van der Waals surface area contributed by atoms with E-state index in [1.807, 2.05) is 7.05 Å². The number of piperidine rings is 1. The third kappa shape index (κ3) is 2.74. The van der Waals surface area contributed by atoms with Crippen LogP contribution in [0.5, 0.6) is 0 Å². The molecule has 0 radical (unpaired) electrons. The smallest absolute Gasteiger partial charge is 0.124 e. The summed E-state index contributed by atoms with van der Waals surface area (Å²) >= 11 is 0. The van der Waals surface area contributed by atoms with Gasteiger partial charge in [0, 0.05) is 6.54 Å². The molecule has 0 spiro atoms. The van der Waals surface area contributed by atoms with Crippen molar-refractivity contribution < 1.29 is 4.39 Å². The second-order valence-electron chi connectivity index (χ2n) is 4.59. The van der Waals surface area contributed by atoms with Crippen molar-refractivity contribution in [2.75, 3.05) is 20.1 Å². The zero-order valence-electron chi connectivity index (χ0n) is 8.44. The molecular weight excluding hydrogens is 153 g/mol. The molecule has 1 saturated heterocycles. The Morgan fingerprint density at radius 1 is 1.50 bits per heavy atom. The minimum atomic E-state index is -0.902. The van der Waals surface area contributed by atoms with Crippen LogP contribution in [0.25, 0.3) is 0 Å². The highest BCUT2D eigenvalue weighted by Crippen LogP contribution is 2.30. The second-order valence-corrected chi connectivity index (χ2v) is 4.59. The van der Waals surface area contributed by atoms with Crippen LogP contribution in [0.2, 0.25) is 0 Å². The first-order valence-corrected chi connectivity index (χ1v) is 4.89. The van der Waals surface area contributed by atoms with E-state index >= 15 is 0 Å². The van der Waals surface area contributed by atoms with Crippen LogP contribution in [0, 0.1) is 5.92 Å². The van der Waals surface area contributed by atoms with Crippen LogP contribution in [0.15, 0.2) is 0 Å². The van der Waals surface area contributed by atoms with Gasteiger partial charge in [-0.1, -0.05) is 13.8 Å². The van der Waals surface area contributed by atoms with Crippen LogP contribution in [0.1, 0.15) is 33.1 Å². The number of hydrogen-bond acceptors (Lipinski definition) is 1. The molecular formula is C10H20FN. The van der Waals surface area contributed by atoms with E-state index in [2.05, 4.69) is 18.7 Å². The van der Waals surface area contributed by atoms with Crippen molar-refractivity contribution in [3.05, 3.63) is 0 Å². The lowest BCUT2D eigenvalue weighted by Crippen LogP contribution is -2.43. The number of rotatable bonds is 2. The quantitative estimate of drug-likeness (QED) is 0.620. The van der Waals surface area contributed by atoms with Gasteiger partial charge in [-0.05, 0) is 38.8 Å². The van der Waals surface area contributed by atoms with Crippen LogP contribution in [0.4, 0.5) is 4.39 Å². The summed E-state index contributed by atoms with van der Waals surface area (Å²) in [4.78, 5) is 2.10. The van der Waals surface area contributed by atoms with E-state index in [0.717, 1.165) is 25.8 Å². The van der Waals surface area contributed by atoms with Gasteiger partial charge >= 0.3 is 0 Å². The van der Waals surface area contributed by atoms with E-state index in [-0.39, 0.29) is 0 Å². The zero-order chi connectivity index (χ0) is 9.19. The van der Waals surface area contributed by atoms with Gasteiger partial charge in [0.15, 0.2) is 0 Å². The summed E-state index contributed by atoms with van der Waals surface area (Å²) in [6.07, 6.45) is 2.49. The van der Waals surface area contributed by atoms with E-state index in [4.69, 9.17) is 0 Å². The highest BCUT2D eigenvalue weighted by atomic mass is 19.1. The maximum atomic E-state index is 14.0. The van der Waals surface area contributed by atoms with Gasteiger partial charge in [-0.3, -0.25) is 0 Å². The molecule has 0 aromatic carbocycles. The Kier molecular flexibility index (Phi) is 3.10. The van der Waals surface area contributed by atoms with Crippen molar-refractivity contribution in [3.8, 4) is 0 Å². The summed E-state index contributed by atoms with van der Waals surface area (Å²) in [5.74, 6) is 0.474. The van der Waals surface area contributed by atoms with Crippen molar-refractivity contribution in [3.63, 3.8) is 0 Å². The Morgan fingerprint density at radius 3 is 2.67 bits per heavy atom. The van der Waals surface area contributed by atoms with Crippen LogP contribution in [0.3, 0.4) is 0 Å². The van der Waals surface area contributed by atoms with Gasteiger partial charge in [0.05, 0.1) is 0 Å². The maximum Gasteiger partial charge on any atom is 0.124 e. The van der Waals surface area contributed by atoms with E-state index in [0.29, 0.717) is 12.5 Å². The molecule has 72 valence electrons. The van der Waals surface area contributed by atoms with Gasteiger partial charge in [-0.2, -0.15) is 0 Å². The molecule has 0 saturated carbocycles. The normalized spacial score (nSPS) is 32.8. The summed E-state index contributed by atoms with van der Waals surface area (Å²) in [7, 11) is 2.01. The lowest BCUT2D eigenvalue weighted by atomic mass is 9.87. The van der Waals surface area contributed by atoms with Crippen LogP contribution in [-0.4, -0.2) is 30.7 Å². The van der Waals surface area contributed by atoms with Gasteiger partial charge in [0.2, 0.25) is 0 Å². The Morgan fingerprint density at radius 2 is 2.17 bits per heavy atom. The summed E-state index contributed by atoms with van der Waals surface area (Å²) in [6.45, 7) is 5.88. The SMILES string of the molecule is CC(C)C[C@]1(F)CCCN(C)C1. The fourth-order valence-corrected chi connectivity index (χ4v) is 2.21. The van der Waals surface area contributed by atoms with Gasteiger partial charge in [0.25, 0.3) is 0 Å². The lowest BCUT2D eigenvalue weighted by molar-refractivity contribution is 0.0403. The molecule has 0 N–H and O–H groups in total. The molecule has 1 rings (SSSR count). The Labute approximate surface area is 74.9 Å². The maximum absolute atomic E-state index is 14.0. The molecule has 0 amide bonds. The Balaban J connectivity index is 2.45. The largest absolute Gasteiger partial charge is 0.303 e. The Bertz CT molecular complexity index is 143. The molecule has 0 aromatic rings. The van der Waals surface area contributed by atoms with Gasteiger partial charge in [0.1, 0.15) is 5.67 Å². The number of hydrogen-bond donors (Lipinski definition) is 0. The van der Waals surface area contributed by atoms with Gasteiger partial charge in [-0.15, -0.1) is 0 Å². The standard InChI is InChI=1S/C10H20FN/c1-9(2)7-10(11)5-4-6-12(3)8-10/h9H,4-8H2,1-3H3/t10-/m1/s1. The highest BCUT2D eigenvalue weighted by Gasteiger charge is 2.34. The summed E-state index contributed by atoms with van der Waals surface area (Å²) in [5, 5.41) is 0. The van der Waals surface area contributed by atoms with Crippen molar-refractivity contribution >= 4 is 0 Å². The molecule has 2 heteroatoms. The number of nitrogens with zero attached hydrogens (tertiary/aromatic N) is 1. The minimum absolute atomic E-state index is 0.474. The number of alkyl halides is 1. The predicted molar refractivity (Wildman–Crippen MR) is 50.0 cm³/mol. The molecule has 0 aliphatic carbocycles. The molecule has 1 aliphatic heterocycles. The molecule has 1 heterocycles. The fourth-order valence-electron chi connectivity index (χ4n) is 2.21. The molecule has 12 heavy (non-hydrogen) atoms. The third-order valence-corrected chi connectivity index (χ3v) is 2.49. The first-order chi connectivity index (χ1) is 5.52. The van der Waals surface area contributed by atoms with Crippen LogP contribution >= 0.6 is 0 Å². The molecule has 0 bridgehead atoms. The summed E-state index contributed by atoms with van der Waals surface area (Å²) in [6, 6.07) is 0. The molecule has 0 aromatic heterocycles. The average molecular weight is 173 g/mol. The van der Waals surface area contributed by atoms with Crippen molar-refractivity contribution in [1.29, 1.82) is 0 Å². The molecule has 0 unspecified atom stereocenters. The fraction of sp³-hybridized carbons (Fsp3) is 1.00. The zero-order valence-corrected chi connectivity index (χ0v) is 8.44. The second kappa shape index (κ2) is 3.73. The van der Waals surface area contributed by atoms with E-state index in [1.54, 1.807) is 0 Å². The molecule has 1 nitrogen and oxygen atoms in total. The first kappa shape index (κ1) is 9.97. The first-order valence-electron chi connectivity index (χ1n) is 4.89. The molecule has 1 fully saturated rings.